The Labute approximate surface area is 188 Å². The quantitative estimate of drug-likeness (QED) is 0.540. The van der Waals surface area contributed by atoms with Crippen LogP contribution in [0.5, 0.6) is 0 Å². The third-order valence-electron chi connectivity index (χ3n) is 6.92. The zero-order chi connectivity index (χ0) is 22.0. The lowest BCUT2D eigenvalue weighted by Crippen LogP contribution is -2.46. The van der Waals surface area contributed by atoms with Crippen molar-refractivity contribution in [1.82, 2.24) is 14.9 Å². The minimum atomic E-state index is -0.340. The van der Waals surface area contributed by atoms with Gasteiger partial charge in [0, 0.05) is 12.6 Å². The summed E-state index contributed by atoms with van der Waals surface area (Å²) in [7, 11) is 0. The molecule has 2 fully saturated rings. The Morgan fingerprint density at radius 1 is 1.26 bits per heavy atom. The van der Waals surface area contributed by atoms with E-state index in [1.165, 1.54) is 18.2 Å². The molecule has 1 N–H and O–H groups in total. The largest absolute Gasteiger partial charge is 0.376 e. The second kappa shape index (κ2) is 9.74. The first kappa shape index (κ1) is 22.3. The third-order valence-corrected chi connectivity index (χ3v) is 8.01. The Bertz CT molecular complexity index is 986. The maximum atomic E-state index is 13.2. The number of benzene rings is 1. The van der Waals surface area contributed by atoms with Crippen LogP contribution < -0.4 is 10.9 Å². The van der Waals surface area contributed by atoms with Crippen molar-refractivity contribution in [1.29, 1.82) is 0 Å². The van der Waals surface area contributed by atoms with Crippen molar-refractivity contribution in [2.75, 3.05) is 6.61 Å². The van der Waals surface area contributed by atoms with Gasteiger partial charge in [-0.3, -0.25) is 14.2 Å². The highest BCUT2D eigenvalue weighted by atomic mass is 32.2. The van der Waals surface area contributed by atoms with Crippen molar-refractivity contribution in [3.05, 3.63) is 34.6 Å². The molecule has 1 aromatic heterocycles. The van der Waals surface area contributed by atoms with Crippen LogP contribution in [0, 0.1) is 11.8 Å². The number of carbonyl (C=O) groups excluding carboxylic acids is 1. The molecule has 5 atom stereocenters. The molecule has 168 valence electrons. The van der Waals surface area contributed by atoms with Crippen molar-refractivity contribution in [2.45, 2.75) is 82.0 Å². The van der Waals surface area contributed by atoms with Gasteiger partial charge in [-0.15, -0.1) is 0 Å². The maximum absolute atomic E-state index is 13.2. The van der Waals surface area contributed by atoms with Gasteiger partial charge in [0.1, 0.15) is 0 Å². The number of carbonyl (C=O) groups is 1. The number of aromatic nitrogens is 2. The average molecular weight is 444 g/mol. The molecule has 1 saturated carbocycles. The van der Waals surface area contributed by atoms with E-state index in [0.29, 0.717) is 34.4 Å². The third kappa shape index (κ3) is 4.98. The minimum absolute atomic E-state index is 0.0158. The van der Waals surface area contributed by atoms with E-state index in [2.05, 4.69) is 19.2 Å². The van der Waals surface area contributed by atoms with Crippen LogP contribution in [0.15, 0.2) is 34.2 Å². The van der Waals surface area contributed by atoms with Crippen molar-refractivity contribution in [3.63, 3.8) is 0 Å². The number of nitrogens with one attached hydrogen (secondary N) is 1. The average Bonchev–Trinajstić information content (AvgIpc) is 3.27. The molecule has 2 aliphatic rings. The summed E-state index contributed by atoms with van der Waals surface area (Å²) in [5.41, 5.74) is 0.604. The highest BCUT2D eigenvalue weighted by Gasteiger charge is 2.30. The van der Waals surface area contributed by atoms with Crippen LogP contribution in [0.3, 0.4) is 0 Å². The molecular formula is C24H33N3O3S. The number of rotatable bonds is 6. The first-order valence-electron chi connectivity index (χ1n) is 11.5. The van der Waals surface area contributed by atoms with E-state index in [4.69, 9.17) is 9.72 Å². The van der Waals surface area contributed by atoms with Crippen molar-refractivity contribution in [2.24, 2.45) is 11.8 Å². The number of hydrogen-bond donors (Lipinski definition) is 1. The van der Waals surface area contributed by atoms with E-state index in [1.54, 1.807) is 4.57 Å². The Morgan fingerprint density at radius 2 is 2.06 bits per heavy atom. The highest BCUT2D eigenvalue weighted by molar-refractivity contribution is 8.00. The number of nitrogens with zero attached hydrogens (tertiary/aromatic N) is 2. The van der Waals surface area contributed by atoms with Crippen LogP contribution in [0.1, 0.15) is 52.9 Å². The lowest BCUT2D eigenvalue weighted by atomic mass is 9.78. The molecule has 7 heteroatoms. The van der Waals surface area contributed by atoms with Gasteiger partial charge >= 0.3 is 0 Å². The van der Waals surface area contributed by atoms with E-state index in [9.17, 15) is 9.59 Å². The maximum Gasteiger partial charge on any atom is 0.262 e. The summed E-state index contributed by atoms with van der Waals surface area (Å²) >= 11 is 1.37. The summed E-state index contributed by atoms with van der Waals surface area (Å²) in [5.74, 6) is 1.12. The summed E-state index contributed by atoms with van der Waals surface area (Å²) in [6.45, 7) is 7.61. The van der Waals surface area contributed by atoms with Crippen molar-refractivity contribution < 1.29 is 9.53 Å². The molecule has 6 nitrogen and oxygen atoms in total. The molecule has 2 heterocycles. The normalized spacial score (nSPS) is 27.3. The first-order chi connectivity index (χ1) is 14.9. The van der Waals surface area contributed by atoms with Crippen LogP contribution in [-0.4, -0.2) is 39.5 Å². The smallest absolute Gasteiger partial charge is 0.262 e. The van der Waals surface area contributed by atoms with E-state index in [0.717, 1.165) is 32.3 Å². The van der Waals surface area contributed by atoms with Crippen molar-refractivity contribution in [3.8, 4) is 0 Å². The highest BCUT2D eigenvalue weighted by Crippen LogP contribution is 2.30. The Balaban J connectivity index is 1.55. The predicted molar refractivity (Wildman–Crippen MR) is 124 cm³/mol. The minimum Gasteiger partial charge on any atom is -0.376 e. The van der Waals surface area contributed by atoms with E-state index >= 15 is 0 Å². The first-order valence-corrected chi connectivity index (χ1v) is 12.4. The lowest BCUT2D eigenvalue weighted by molar-refractivity contribution is -0.121. The molecule has 1 aliphatic carbocycles. The van der Waals surface area contributed by atoms with Gasteiger partial charge in [0.05, 0.1) is 28.8 Å². The molecule has 0 radical (unpaired) electrons. The summed E-state index contributed by atoms with van der Waals surface area (Å²) in [5, 5.41) is 4.12. The fourth-order valence-electron chi connectivity index (χ4n) is 4.69. The fraction of sp³-hybridized carbons (Fsp3) is 0.625. The summed E-state index contributed by atoms with van der Waals surface area (Å²) < 4.78 is 7.48. The molecular weight excluding hydrogens is 410 g/mol. The standard InChI is InChI=1S/C24H33N3O3S/c1-15-8-6-12-20(16(15)2)25-22(28)17(3)31-24-26-21-11-5-4-10-19(21)23(29)27(24)14-18-9-7-13-30-18/h4-5,10-11,15-18,20H,6-9,12-14H2,1-3H3,(H,25,28)/t15-,16+,17+,18+,20-/m1/s1. The van der Waals surface area contributed by atoms with Crippen LogP contribution in [0.2, 0.25) is 0 Å². The zero-order valence-corrected chi connectivity index (χ0v) is 19.5. The molecule has 1 aromatic carbocycles. The van der Waals surface area contributed by atoms with Crippen LogP contribution in [-0.2, 0) is 16.1 Å². The topological polar surface area (TPSA) is 73.2 Å². The number of hydrogen-bond acceptors (Lipinski definition) is 5. The molecule has 31 heavy (non-hydrogen) atoms. The Morgan fingerprint density at radius 3 is 2.84 bits per heavy atom. The van der Waals surface area contributed by atoms with Gasteiger partial charge in [-0.25, -0.2) is 4.98 Å². The molecule has 1 aliphatic heterocycles. The second-order valence-corrected chi connectivity index (χ2v) is 10.4. The Kier molecular flexibility index (Phi) is 7.02. The van der Waals surface area contributed by atoms with Crippen molar-refractivity contribution >= 4 is 28.6 Å². The van der Waals surface area contributed by atoms with Gasteiger partial charge in [-0.05, 0) is 50.2 Å². The van der Waals surface area contributed by atoms with Crippen LogP contribution in [0.25, 0.3) is 10.9 Å². The number of thioether (sulfide) groups is 1. The van der Waals surface area contributed by atoms with E-state index in [1.807, 2.05) is 31.2 Å². The second-order valence-electron chi connectivity index (χ2n) is 9.10. The zero-order valence-electron chi connectivity index (χ0n) is 18.7. The SMILES string of the molecule is C[C@H]1[C@H](C)CCC[C@H]1NC(=O)[C@H](C)Sc1nc2ccccc2c(=O)n1C[C@@H]1CCCO1. The molecule has 0 unspecified atom stereocenters. The number of fused-ring (bicyclic) bond motifs is 1. The van der Waals surface area contributed by atoms with E-state index in [-0.39, 0.29) is 28.9 Å². The summed E-state index contributed by atoms with van der Waals surface area (Å²) in [6, 6.07) is 7.63. The van der Waals surface area contributed by atoms with Gasteiger partial charge in [0.15, 0.2) is 5.16 Å². The van der Waals surface area contributed by atoms with E-state index < -0.39 is 0 Å². The predicted octanol–water partition coefficient (Wildman–Crippen LogP) is 4.00. The van der Waals surface area contributed by atoms with Gasteiger partial charge in [0.25, 0.3) is 5.56 Å². The lowest BCUT2D eigenvalue weighted by Gasteiger charge is -2.35. The van der Waals surface area contributed by atoms with Crippen LogP contribution in [0.4, 0.5) is 0 Å². The fourth-order valence-corrected chi connectivity index (χ4v) is 5.62. The molecule has 0 spiro atoms. The van der Waals surface area contributed by atoms with Gasteiger partial charge in [0.2, 0.25) is 5.91 Å². The summed E-state index contributed by atoms with van der Waals surface area (Å²) in [4.78, 5) is 31.0. The number of amides is 1. The molecule has 1 amide bonds. The molecule has 1 saturated heterocycles. The molecule has 4 rings (SSSR count). The number of para-hydroxylation sites is 1. The van der Waals surface area contributed by atoms with Gasteiger partial charge < -0.3 is 10.1 Å². The summed E-state index contributed by atoms with van der Waals surface area (Å²) in [6.07, 6.45) is 5.40. The number of ether oxygens (including phenoxy) is 1. The monoisotopic (exact) mass is 443 g/mol. The van der Waals surface area contributed by atoms with Gasteiger partial charge in [-0.2, -0.15) is 0 Å². The molecule has 2 aromatic rings. The van der Waals surface area contributed by atoms with Gasteiger partial charge in [-0.1, -0.05) is 50.6 Å². The molecule has 0 bridgehead atoms. The van der Waals surface area contributed by atoms with Crippen LogP contribution >= 0.6 is 11.8 Å². The Hall–Kier alpha value is -1.86.